The van der Waals surface area contributed by atoms with E-state index in [0.29, 0.717) is 11.4 Å². The van der Waals surface area contributed by atoms with Gasteiger partial charge in [-0.05, 0) is 24.0 Å². The average Bonchev–Trinajstić information content (AvgIpc) is 2.88. The van der Waals surface area contributed by atoms with Gasteiger partial charge in [-0.15, -0.1) is 0 Å². The van der Waals surface area contributed by atoms with Crippen molar-refractivity contribution in [3.63, 3.8) is 0 Å². The third-order valence-corrected chi connectivity index (χ3v) is 3.23. The van der Waals surface area contributed by atoms with Crippen molar-refractivity contribution in [1.82, 2.24) is 10.3 Å². The second-order valence-electron chi connectivity index (χ2n) is 5.45. The lowest BCUT2D eigenvalue weighted by atomic mass is 10.2. The maximum atomic E-state index is 11.7. The number of anilines is 1. The highest BCUT2D eigenvalue weighted by Crippen LogP contribution is 2.44. The molecule has 1 saturated carbocycles. The monoisotopic (exact) mass is 263 g/mol. The van der Waals surface area contributed by atoms with E-state index < -0.39 is 5.97 Å². The SMILES string of the molecule is CC1(C)CC1NC(=O)Nc1ccc(CC(=O)O)nc1. The van der Waals surface area contributed by atoms with Gasteiger partial charge < -0.3 is 15.7 Å². The molecule has 0 bridgehead atoms. The van der Waals surface area contributed by atoms with Crippen LogP contribution < -0.4 is 10.6 Å². The highest BCUT2D eigenvalue weighted by Gasteiger charge is 2.46. The zero-order valence-electron chi connectivity index (χ0n) is 10.9. The molecule has 2 rings (SSSR count). The molecule has 1 aromatic rings. The van der Waals surface area contributed by atoms with Gasteiger partial charge in [0.2, 0.25) is 0 Å². The molecule has 1 aliphatic carbocycles. The van der Waals surface area contributed by atoms with E-state index in [4.69, 9.17) is 5.11 Å². The van der Waals surface area contributed by atoms with E-state index >= 15 is 0 Å². The van der Waals surface area contributed by atoms with Crippen LogP contribution in [0.2, 0.25) is 0 Å². The summed E-state index contributed by atoms with van der Waals surface area (Å²) in [6.07, 6.45) is 2.31. The zero-order valence-corrected chi connectivity index (χ0v) is 10.9. The molecule has 1 atom stereocenters. The molecule has 0 aromatic carbocycles. The van der Waals surface area contributed by atoms with Gasteiger partial charge >= 0.3 is 12.0 Å². The van der Waals surface area contributed by atoms with Gasteiger partial charge in [0.05, 0.1) is 24.0 Å². The second kappa shape index (κ2) is 4.87. The Labute approximate surface area is 111 Å². The fourth-order valence-electron chi connectivity index (χ4n) is 1.80. The Morgan fingerprint density at radius 3 is 2.63 bits per heavy atom. The van der Waals surface area contributed by atoms with Gasteiger partial charge in [0.25, 0.3) is 0 Å². The normalized spacial score (nSPS) is 19.6. The highest BCUT2D eigenvalue weighted by molar-refractivity contribution is 5.89. The minimum absolute atomic E-state index is 0.122. The van der Waals surface area contributed by atoms with Crippen LogP contribution in [0.15, 0.2) is 18.3 Å². The number of carboxylic acids is 1. The number of hydrogen-bond acceptors (Lipinski definition) is 3. The number of nitrogens with zero attached hydrogens (tertiary/aromatic N) is 1. The van der Waals surface area contributed by atoms with Gasteiger partial charge in [-0.3, -0.25) is 9.78 Å². The van der Waals surface area contributed by atoms with Gasteiger partial charge in [0, 0.05) is 6.04 Å². The van der Waals surface area contributed by atoms with E-state index in [1.165, 1.54) is 6.20 Å². The smallest absolute Gasteiger partial charge is 0.319 e. The third kappa shape index (κ3) is 3.67. The number of urea groups is 1. The predicted molar refractivity (Wildman–Crippen MR) is 69.9 cm³/mol. The van der Waals surface area contributed by atoms with Gasteiger partial charge in [0.15, 0.2) is 0 Å². The molecule has 2 amide bonds. The summed E-state index contributed by atoms with van der Waals surface area (Å²) >= 11 is 0. The summed E-state index contributed by atoms with van der Waals surface area (Å²) in [6, 6.07) is 3.18. The molecular formula is C13H17N3O3. The number of carboxylic acid groups (broad SMARTS) is 1. The van der Waals surface area contributed by atoms with Gasteiger partial charge in [-0.2, -0.15) is 0 Å². The van der Waals surface area contributed by atoms with Crippen LogP contribution in [-0.2, 0) is 11.2 Å². The molecule has 102 valence electrons. The van der Waals surface area contributed by atoms with E-state index in [0.717, 1.165) is 6.42 Å². The summed E-state index contributed by atoms with van der Waals surface area (Å²) in [5, 5.41) is 14.2. The first-order valence-electron chi connectivity index (χ1n) is 6.11. The molecule has 1 heterocycles. The van der Waals surface area contributed by atoms with Crippen LogP contribution in [0.3, 0.4) is 0 Å². The minimum Gasteiger partial charge on any atom is -0.481 e. The van der Waals surface area contributed by atoms with E-state index in [1.54, 1.807) is 12.1 Å². The van der Waals surface area contributed by atoms with E-state index in [1.807, 2.05) is 0 Å². The van der Waals surface area contributed by atoms with Gasteiger partial charge in [0.1, 0.15) is 0 Å². The summed E-state index contributed by atoms with van der Waals surface area (Å²) in [7, 11) is 0. The van der Waals surface area contributed by atoms with Crippen LogP contribution in [0.5, 0.6) is 0 Å². The average molecular weight is 263 g/mol. The fourth-order valence-corrected chi connectivity index (χ4v) is 1.80. The van der Waals surface area contributed by atoms with E-state index in [9.17, 15) is 9.59 Å². The number of amides is 2. The lowest BCUT2D eigenvalue weighted by molar-refractivity contribution is -0.136. The largest absolute Gasteiger partial charge is 0.481 e. The lowest BCUT2D eigenvalue weighted by Gasteiger charge is -2.08. The van der Waals surface area contributed by atoms with Crippen LogP contribution in [-0.4, -0.2) is 28.1 Å². The van der Waals surface area contributed by atoms with Crippen LogP contribution in [0.25, 0.3) is 0 Å². The molecule has 0 radical (unpaired) electrons. The molecule has 1 fully saturated rings. The van der Waals surface area contributed by atoms with Crippen LogP contribution in [0, 0.1) is 5.41 Å². The third-order valence-electron chi connectivity index (χ3n) is 3.23. The van der Waals surface area contributed by atoms with Crippen LogP contribution in [0.4, 0.5) is 10.5 Å². The maximum Gasteiger partial charge on any atom is 0.319 e. The lowest BCUT2D eigenvalue weighted by Crippen LogP contribution is -2.32. The summed E-state index contributed by atoms with van der Waals surface area (Å²) < 4.78 is 0. The molecular weight excluding hydrogens is 246 g/mol. The Morgan fingerprint density at radius 2 is 2.16 bits per heavy atom. The summed E-state index contributed by atoms with van der Waals surface area (Å²) in [5.74, 6) is -0.929. The molecule has 3 N–H and O–H groups in total. The second-order valence-corrected chi connectivity index (χ2v) is 5.45. The Balaban J connectivity index is 1.85. The van der Waals surface area contributed by atoms with Crippen molar-refractivity contribution < 1.29 is 14.7 Å². The van der Waals surface area contributed by atoms with Crippen molar-refractivity contribution in [1.29, 1.82) is 0 Å². The number of pyridine rings is 1. The van der Waals surface area contributed by atoms with Crippen molar-refractivity contribution in [2.24, 2.45) is 5.41 Å². The Kier molecular flexibility index (Phi) is 3.42. The minimum atomic E-state index is -0.929. The first-order valence-corrected chi connectivity index (χ1v) is 6.11. The van der Waals surface area contributed by atoms with Gasteiger partial charge in [-0.25, -0.2) is 4.79 Å². The van der Waals surface area contributed by atoms with Crippen molar-refractivity contribution in [2.75, 3.05) is 5.32 Å². The molecule has 1 aliphatic rings. The van der Waals surface area contributed by atoms with E-state index in [-0.39, 0.29) is 23.9 Å². The number of aromatic nitrogens is 1. The highest BCUT2D eigenvalue weighted by atomic mass is 16.4. The Morgan fingerprint density at radius 1 is 1.47 bits per heavy atom. The van der Waals surface area contributed by atoms with Crippen molar-refractivity contribution >= 4 is 17.7 Å². The van der Waals surface area contributed by atoms with Crippen molar-refractivity contribution in [2.45, 2.75) is 32.7 Å². The van der Waals surface area contributed by atoms with Gasteiger partial charge in [-0.1, -0.05) is 13.8 Å². The number of carbonyl (C=O) groups excluding carboxylic acids is 1. The molecule has 19 heavy (non-hydrogen) atoms. The first kappa shape index (κ1) is 13.3. The number of hydrogen-bond donors (Lipinski definition) is 3. The number of nitrogens with one attached hydrogen (secondary N) is 2. The topological polar surface area (TPSA) is 91.3 Å². The molecule has 0 spiro atoms. The molecule has 0 aliphatic heterocycles. The standard InChI is InChI=1S/C13H17N3O3/c1-13(2)6-10(13)16-12(19)15-9-4-3-8(14-7-9)5-11(17)18/h3-4,7,10H,5-6H2,1-2H3,(H,17,18)(H2,15,16,19). The summed E-state index contributed by atoms with van der Waals surface area (Å²) in [5.41, 5.74) is 1.19. The summed E-state index contributed by atoms with van der Waals surface area (Å²) in [6.45, 7) is 4.19. The molecule has 0 saturated heterocycles. The molecule has 6 nitrogen and oxygen atoms in total. The Bertz CT molecular complexity index is 496. The van der Waals surface area contributed by atoms with Crippen molar-refractivity contribution in [3.8, 4) is 0 Å². The molecule has 1 unspecified atom stereocenters. The summed E-state index contributed by atoms with van der Waals surface area (Å²) in [4.78, 5) is 26.1. The quantitative estimate of drug-likeness (QED) is 0.770. The maximum absolute atomic E-state index is 11.7. The number of aliphatic carboxylic acids is 1. The van der Waals surface area contributed by atoms with E-state index in [2.05, 4.69) is 29.5 Å². The molecule has 1 aromatic heterocycles. The predicted octanol–water partition coefficient (Wildman–Crippen LogP) is 1.63. The Hall–Kier alpha value is -2.11. The molecule has 6 heteroatoms. The number of rotatable bonds is 4. The zero-order chi connectivity index (χ0) is 14.0. The van der Waals surface area contributed by atoms with Crippen LogP contribution >= 0.6 is 0 Å². The van der Waals surface area contributed by atoms with Crippen molar-refractivity contribution in [3.05, 3.63) is 24.0 Å². The fraction of sp³-hybridized carbons (Fsp3) is 0.462. The number of carbonyl (C=O) groups is 2. The first-order chi connectivity index (χ1) is 8.87. The van der Waals surface area contributed by atoms with Crippen LogP contribution in [0.1, 0.15) is 26.0 Å².